The molecule has 3 aromatic rings. The summed E-state index contributed by atoms with van der Waals surface area (Å²) in [4.78, 5) is 20.8. The molecular weight excluding hydrogens is 368 g/mol. The molecular formula is C22H24N4O3. The highest BCUT2D eigenvalue weighted by Crippen LogP contribution is 2.27. The Hall–Kier alpha value is -3.61. The molecule has 0 spiro atoms. The van der Waals surface area contributed by atoms with E-state index < -0.39 is 0 Å². The van der Waals surface area contributed by atoms with Gasteiger partial charge in [-0.2, -0.15) is 0 Å². The zero-order valence-corrected chi connectivity index (χ0v) is 16.7. The molecule has 1 amide bonds. The van der Waals surface area contributed by atoms with Crippen molar-refractivity contribution in [2.75, 3.05) is 19.5 Å². The zero-order chi connectivity index (χ0) is 20.6. The van der Waals surface area contributed by atoms with E-state index in [1.165, 1.54) is 17.5 Å². The van der Waals surface area contributed by atoms with Crippen LogP contribution in [0.3, 0.4) is 0 Å². The molecule has 1 aromatic heterocycles. The summed E-state index contributed by atoms with van der Waals surface area (Å²) >= 11 is 0. The molecule has 0 aliphatic heterocycles. The summed E-state index contributed by atoms with van der Waals surface area (Å²) in [6, 6.07) is 15.3. The lowest BCUT2D eigenvalue weighted by Gasteiger charge is -2.11. The maximum Gasteiger partial charge on any atom is 0.270 e. The number of carbonyl (C=O) groups excluding carboxylic acids is 1. The Labute approximate surface area is 170 Å². The Morgan fingerprint density at radius 3 is 2.52 bits per heavy atom. The van der Waals surface area contributed by atoms with E-state index in [9.17, 15) is 4.79 Å². The van der Waals surface area contributed by atoms with Crippen LogP contribution in [0.4, 0.5) is 5.82 Å². The number of aryl methyl sites for hydroxylation is 1. The number of ether oxygens (including phenoxy) is 2. The molecule has 7 heteroatoms. The SMILES string of the molecule is COc1ccc(CNC(=O)c2cc(NCc3ccccc3C)ncn2)cc1OC. The quantitative estimate of drug-likeness (QED) is 0.612. The van der Waals surface area contributed by atoms with Crippen LogP contribution in [0.1, 0.15) is 27.2 Å². The van der Waals surface area contributed by atoms with E-state index >= 15 is 0 Å². The largest absolute Gasteiger partial charge is 0.493 e. The molecule has 0 fully saturated rings. The second-order valence-electron chi connectivity index (χ2n) is 6.44. The molecule has 0 radical (unpaired) electrons. The highest BCUT2D eigenvalue weighted by atomic mass is 16.5. The first-order chi connectivity index (χ1) is 14.1. The van der Waals surface area contributed by atoms with Gasteiger partial charge in [-0.25, -0.2) is 9.97 Å². The van der Waals surface area contributed by atoms with E-state index in [4.69, 9.17) is 9.47 Å². The van der Waals surface area contributed by atoms with Gasteiger partial charge in [0.05, 0.1) is 14.2 Å². The van der Waals surface area contributed by atoms with E-state index in [0.717, 1.165) is 5.56 Å². The lowest BCUT2D eigenvalue weighted by atomic mass is 10.1. The molecule has 1 heterocycles. The third-order valence-electron chi connectivity index (χ3n) is 4.52. The van der Waals surface area contributed by atoms with Crippen LogP contribution in [-0.2, 0) is 13.1 Å². The van der Waals surface area contributed by atoms with E-state index in [-0.39, 0.29) is 5.91 Å². The van der Waals surface area contributed by atoms with Gasteiger partial charge in [0, 0.05) is 19.2 Å². The van der Waals surface area contributed by atoms with Crippen LogP contribution in [0, 0.1) is 6.92 Å². The van der Waals surface area contributed by atoms with Gasteiger partial charge < -0.3 is 20.1 Å². The third kappa shape index (κ3) is 5.22. The molecule has 3 rings (SSSR count). The summed E-state index contributed by atoms with van der Waals surface area (Å²) < 4.78 is 10.5. The second kappa shape index (κ2) is 9.54. The summed E-state index contributed by atoms with van der Waals surface area (Å²) in [5.74, 6) is 1.58. The van der Waals surface area contributed by atoms with Crippen molar-refractivity contribution in [3.63, 3.8) is 0 Å². The minimum atomic E-state index is -0.277. The first-order valence-electron chi connectivity index (χ1n) is 9.20. The molecule has 2 N–H and O–H groups in total. The van der Waals surface area contributed by atoms with Crippen LogP contribution in [-0.4, -0.2) is 30.1 Å². The van der Waals surface area contributed by atoms with Crippen LogP contribution in [0.15, 0.2) is 54.9 Å². The van der Waals surface area contributed by atoms with Gasteiger partial charge in [-0.3, -0.25) is 4.79 Å². The van der Waals surface area contributed by atoms with E-state index in [2.05, 4.69) is 39.7 Å². The van der Waals surface area contributed by atoms with Crippen molar-refractivity contribution < 1.29 is 14.3 Å². The van der Waals surface area contributed by atoms with Crippen molar-refractivity contribution >= 4 is 11.7 Å². The Kier molecular flexibility index (Phi) is 6.63. The molecule has 0 atom stereocenters. The van der Waals surface area contributed by atoms with Crippen molar-refractivity contribution in [2.24, 2.45) is 0 Å². The van der Waals surface area contributed by atoms with Crippen molar-refractivity contribution in [2.45, 2.75) is 20.0 Å². The minimum Gasteiger partial charge on any atom is -0.493 e. The molecule has 7 nitrogen and oxygen atoms in total. The Balaban J connectivity index is 1.61. The van der Waals surface area contributed by atoms with Crippen molar-refractivity contribution in [3.8, 4) is 11.5 Å². The fourth-order valence-electron chi connectivity index (χ4n) is 2.84. The van der Waals surface area contributed by atoms with E-state index in [0.29, 0.717) is 36.1 Å². The van der Waals surface area contributed by atoms with Crippen LogP contribution < -0.4 is 20.1 Å². The Bertz CT molecular complexity index is 991. The van der Waals surface area contributed by atoms with Crippen molar-refractivity contribution in [1.82, 2.24) is 15.3 Å². The number of carbonyl (C=O) groups is 1. The number of hydrogen-bond donors (Lipinski definition) is 2. The monoisotopic (exact) mass is 392 g/mol. The van der Waals surface area contributed by atoms with Gasteiger partial charge in [0.25, 0.3) is 5.91 Å². The van der Waals surface area contributed by atoms with Gasteiger partial charge in [-0.1, -0.05) is 30.3 Å². The summed E-state index contributed by atoms with van der Waals surface area (Å²) in [6.45, 7) is 3.02. The summed E-state index contributed by atoms with van der Waals surface area (Å²) in [6.07, 6.45) is 1.38. The van der Waals surface area contributed by atoms with E-state index in [1.54, 1.807) is 26.4 Å². The molecule has 0 unspecified atom stereocenters. The highest BCUT2D eigenvalue weighted by molar-refractivity contribution is 5.92. The van der Waals surface area contributed by atoms with E-state index in [1.807, 2.05) is 24.3 Å². The standard InChI is InChI=1S/C22H24N4O3/c1-15-6-4-5-7-17(15)13-23-21-11-18(25-14-26-21)22(27)24-12-16-8-9-19(28-2)20(10-16)29-3/h4-11,14H,12-13H2,1-3H3,(H,24,27)(H,23,25,26). The molecule has 0 saturated heterocycles. The Morgan fingerprint density at radius 1 is 0.966 bits per heavy atom. The summed E-state index contributed by atoms with van der Waals surface area (Å²) in [5.41, 5.74) is 3.56. The number of rotatable bonds is 8. The number of hydrogen-bond acceptors (Lipinski definition) is 6. The predicted molar refractivity (Wildman–Crippen MR) is 111 cm³/mol. The van der Waals surface area contributed by atoms with Gasteiger partial charge in [0.1, 0.15) is 17.8 Å². The maximum atomic E-state index is 12.5. The number of amides is 1. The van der Waals surface area contributed by atoms with Crippen LogP contribution >= 0.6 is 0 Å². The topological polar surface area (TPSA) is 85.4 Å². The number of methoxy groups -OCH3 is 2. The smallest absolute Gasteiger partial charge is 0.270 e. The zero-order valence-electron chi connectivity index (χ0n) is 16.7. The van der Waals surface area contributed by atoms with Crippen molar-refractivity contribution in [1.29, 1.82) is 0 Å². The molecule has 0 aliphatic carbocycles. The molecule has 29 heavy (non-hydrogen) atoms. The average molecular weight is 392 g/mol. The lowest BCUT2D eigenvalue weighted by molar-refractivity contribution is 0.0945. The molecule has 0 aliphatic rings. The number of aromatic nitrogens is 2. The maximum absolute atomic E-state index is 12.5. The normalized spacial score (nSPS) is 10.3. The minimum absolute atomic E-state index is 0.277. The fourth-order valence-corrected chi connectivity index (χ4v) is 2.84. The van der Waals surface area contributed by atoms with Gasteiger partial charge in [-0.05, 0) is 35.7 Å². The van der Waals surface area contributed by atoms with Crippen LogP contribution in [0.2, 0.25) is 0 Å². The summed E-state index contributed by atoms with van der Waals surface area (Å²) in [5, 5.41) is 6.10. The molecule has 0 saturated carbocycles. The lowest BCUT2D eigenvalue weighted by Crippen LogP contribution is -2.24. The number of nitrogens with one attached hydrogen (secondary N) is 2. The molecule has 150 valence electrons. The first kappa shape index (κ1) is 20.1. The fraction of sp³-hybridized carbons (Fsp3) is 0.227. The third-order valence-corrected chi connectivity index (χ3v) is 4.52. The molecule has 2 aromatic carbocycles. The second-order valence-corrected chi connectivity index (χ2v) is 6.44. The summed E-state index contributed by atoms with van der Waals surface area (Å²) in [7, 11) is 3.16. The predicted octanol–water partition coefficient (Wildman–Crippen LogP) is 3.34. The van der Waals surface area contributed by atoms with Crippen molar-refractivity contribution in [3.05, 3.63) is 77.2 Å². The number of nitrogens with zero attached hydrogens (tertiary/aromatic N) is 2. The average Bonchev–Trinajstić information content (AvgIpc) is 2.76. The molecule has 0 bridgehead atoms. The van der Waals surface area contributed by atoms with Gasteiger partial charge in [0.15, 0.2) is 11.5 Å². The van der Waals surface area contributed by atoms with Crippen LogP contribution in [0.5, 0.6) is 11.5 Å². The highest BCUT2D eigenvalue weighted by Gasteiger charge is 2.10. The number of anilines is 1. The Morgan fingerprint density at radius 2 is 1.76 bits per heavy atom. The van der Waals surface area contributed by atoms with Gasteiger partial charge in [-0.15, -0.1) is 0 Å². The van der Waals surface area contributed by atoms with Crippen LogP contribution in [0.25, 0.3) is 0 Å². The first-order valence-corrected chi connectivity index (χ1v) is 9.20. The van der Waals surface area contributed by atoms with Gasteiger partial charge in [0.2, 0.25) is 0 Å². The number of benzene rings is 2. The van der Waals surface area contributed by atoms with Gasteiger partial charge >= 0.3 is 0 Å².